The van der Waals surface area contributed by atoms with Crippen LogP contribution in [0.3, 0.4) is 0 Å². The van der Waals surface area contributed by atoms with Gasteiger partial charge < -0.3 is 5.32 Å². The first-order valence-corrected chi connectivity index (χ1v) is 5.95. The van der Waals surface area contributed by atoms with Crippen LogP contribution in [0.25, 0.3) is 0 Å². The molecule has 0 atom stereocenters. The number of benzene rings is 1. The first kappa shape index (κ1) is 12.7. The third-order valence-electron chi connectivity index (χ3n) is 2.16. The van der Waals surface area contributed by atoms with E-state index in [-0.39, 0.29) is 5.82 Å². The standard InChI is InChI=1S/C12H17BrFN/c1-8(2)6-15-7-10-5-11(13)4-9(3)12(10)14/h4-5,8,15H,6-7H2,1-3H3. The molecule has 0 radical (unpaired) electrons. The molecule has 84 valence electrons. The van der Waals surface area contributed by atoms with E-state index in [4.69, 9.17) is 0 Å². The molecule has 0 bridgehead atoms. The molecule has 0 aliphatic heterocycles. The van der Waals surface area contributed by atoms with E-state index >= 15 is 0 Å². The summed E-state index contributed by atoms with van der Waals surface area (Å²) in [4.78, 5) is 0. The van der Waals surface area contributed by atoms with Gasteiger partial charge in [-0.25, -0.2) is 4.39 Å². The molecular weight excluding hydrogens is 257 g/mol. The van der Waals surface area contributed by atoms with Gasteiger partial charge in [0.1, 0.15) is 5.82 Å². The number of rotatable bonds is 4. The highest BCUT2D eigenvalue weighted by Gasteiger charge is 2.06. The topological polar surface area (TPSA) is 12.0 Å². The summed E-state index contributed by atoms with van der Waals surface area (Å²) >= 11 is 3.37. The van der Waals surface area contributed by atoms with Gasteiger partial charge in [0.05, 0.1) is 0 Å². The monoisotopic (exact) mass is 273 g/mol. The Labute approximate surface area is 99.2 Å². The molecule has 0 fully saturated rings. The average Bonchev–Trinajstić information content (AvgIpc) is 2.12. The Morgan fingerprint density at radius 2 is 2.07 bits per heavy atom. The van der Waals surface area contributed by atoms with Crippen LogP contribution < -0.4 is 5.32 Å². The molecule has 0 spiro atoms. The molecule has 0 saturated carbocycles. The molecule has 15 heavy (non-hydrogen) atoms. The zero-order valence-electron chi connectivity index (χ0n) is 9.40. The van der Waals surface area contributed by atoms with E-state index in [1.807, 2.05) is 6.07 Å². The number of aryl methyl sites for hydroxylation is 1. The highest BCUT2D eigenvalue weighted by molar-refractivity contribution is 9.10. The molecule has 0 aliphatic carbocycles. The Kier molecular flexibility index (Phi) is 4.74. The van der Waals surface area contributed by atoms with Gasteiger partial charge in [-0.1, -0.05) is 29.8 Å². The molecule has 1 nitrogen and oxygen atoms in total. The Morgan fingerprint density at radius 1 is 1.40 bits per heavy atom. The summed E-state index contributed by atoms with van der Waals surface area (Å²) < 4.78 is 14.6. The van der Waals surface area contributed by atoms with Crippen LogP contribution in [0.4, 0.5) is 4.39 Å². The van der Waals surface area contributed by atoms with Gasteiger partial charge in [0.2, 0.25) is 0 Å². The van der Waals surface area contributed by atoms with Crippen LogP contribution in [-0.4, -0.2) is 6.54 Å². The van der Waals surface area contributed by atoms with Crippen LogP contribution in [0.5, 0.6) is 0 Å². The molecule has 1 aromatic carbocycles. The fourth-order valence-corrected chi connectivity index (χ4v) is 2.04. The Balaban J connectivity index is 2.68. The molecule has 0 aromatic heterocycles. The summed E-state index contributed by atoms with van der Waals surface area (Å²) in [6, 6.07) is 3.62. The smallest absolute Gasteiger partial charge is 0.130 e. The second kappa shape index (κ2) is 5.61. The molecule has 0 amide bonds. The third kappa shape index (κ3) is 3.92. The first-order valence-electron chi connectivity index (χ1n) is 5.16. The van der Waals surface area contributed by atoms with E-state index in [2.05, 4.69) is 35.1 Å². The van der Waals surface area contributed by atoms with Gasteiger partial charge in [0, 0.05) is 16.6 Å². The van der Waals surface area contributed by atoms with Crippen molar-refractivity contribution in [1.82, 2.24) is 5.32 Å². The largest absolute Gasteiger partial charge is 0.312 e. The highest BCUT2D eigenvalue weighted by Crippen LogP contribution is 2.19. The van der Waals surface area contributed by atoms with Crippen LogP contribution in [0, 0.1) is 18.7 Å². The predicted molar refractivity (Wildman–Crippen MR) is 65.4 cm³/mol. The lowest BCUT2D eigenvalue weighted by Gasteiger charge is -2.10. The van der Waals surface area contributed by atoms with Crippen LogP contribution in [0.1, 0.15) is 25.0 Å². The van der Waals surface area contributed by atoms with Gasteiger partial charge in [0.15, 0.2) is 0 Å². The molecule has 0 heterocycles. The van der Waals surface area contributed by atoms with E-state index in [0.29, 0.717) is 18.0 Å². The van der Waals surface area contributed by atoms with Crippen LogP contribution in [-0.2, 0) is 6.54 Å². The quantitative estimate of drug-likeness (QED) is 0.883. The first-order chi connectivity index (χ1) is 7.00. The number of hydrogen-bond acceptors (Lipinski definition) is 1. The lowest BCUT2D eigenvalue weighted by Crippen LogP contribution is -2.19. The molecule has 3 heteroatoms. The zero-order valence-corrected chi connectivity index (χ0v) is 11.0. The van der Waals surface area contributed by atoms with E-state index in [1.54, 1.807) is 13.0 Å². The summed E-state index contributed by atoms with van der Waals surface area (Å²) in [6.07, 6.45) is 0. The maximum atomic E-state index is 13.6. The van der Waals surface area contributed by atoms with Crippen molar-refractivity contribution >= 4 is 15.9 Å². The molecule has 0 saturated heterocycles. The van der Waals surface area contributed by atoms with Gasteiger partial charge in [-0.15, -0.1) is 0 Å². The van der Waals surface area contributed by atoms with Crippen molar-refractivity contribution in [2.45, 2.75) is 27.3 Å². The Hall–Kier alpha value is -0.410. The van der Waals surface area contributed by atoms with Crippen molar-refractivity contribution in [3.8, 4) is 0 Å². The van der Waals surface area contributed by atoms with Crippen molar-refractivity contribution < 1.29 is 4.39 Å². The summed E-state index contributed by atoms with van der Waals surface area (Å²) in [5, 5.41) is 3.24. The summed E-state index contributed by atoms with van der Waals surface area (Å²) in [5.74, 6) is 0.482. The van der Waals surface area contributed by atoms with E-state index in [1.165, 1.54) is 0 Å². The maximum absolute atomic E-state index is 13.6. The second-order valence-corrected chi connectivity index (χ2v) is 5.14. The van der Waals surface area contributed by atoms with E-state index in [0.717, 1.165) is 16.6 Å². The molecule has 0 aliphatic rings. The van der Waals surface area contributed by atoms with Gasteiger partial charge >= 0.3 is 0 Å². The van der Waals surface area contributed by atoms with Gasteiger partial charge in [-0.05, 0) is 37.1 Å². The minimum absolute atomic E-state index is 0.102. The average molecular weight is 274 g/mol. The minimum atomic E-state index is -0.102. The lowest BCUT2D eigenvalue weighted by molar-refractivity contribution is 0.532. The van der Waals surface area contributed by atoms with Crippen LogP contribution in [0.15, 0.2) is 16.6 Å². The SMILES string of the molecule is Cc1cc(Br)cc(CNCC(C)C)c1F. The van der Waals surface area contributed by atoms with E-state index in [9.17, 15) is 4.39 Å². The third-order valence-corrected chi connectivity index (χ3v) is 2.62. The maximum Gasteiger partial charge on any atom is 0.130 e. The van der Waals surface area contributed by atoms with Crippen molar-refractivity contribution in [2.24, 2.45) is 5.92 Å². The summed E-state index contributed by atoms with van der Waals surface area (Å²) in [7, 11) is 0. The predicted octanol–water partition coefficient (Wildman–Crippen LogP) is 3.64. The van der Waals surface area contributed by atoms with Gasteiger partial charge in [0.25, 0.3) is 0 Å². The van der Waals surface area contributed by atoms with Crippen molar-refractivity contribution in [1.29, 1.82) is 0 Å². The Morgan fingerprint density at radius 3 is 2.67 bits per heavy atom. The fraction of sp³-hybridized carbons (Fsp3) is 0.500. The summed E-state index contributed by atoms with van der Waals surface area (Å²) in [6.45, 7) is 7.55. The molecular formula is C12H17BrFN. The molecule has 0 unspecified atom stereocenters. The zero-order chi connectivity index (χ0) is 11.4. The van der Waals surface area contributed by atoms with Crippen molar-refractivity contribution in [3.63, 3.8) is 0 Å². The van der Waals surface area contributed by atoms with Gasteiger partial charge in [-0.3, -0.25) is 0 Å². The number of hydrogen-bond donors (Lipinski definition) is 1. The fourth-order valence-electron chi connectivity index (χ4n) is 1.42. The number of nitrogens with one attached hydrogen (secondary N) is 1. The second-order valence-electron chi connectivity index (χ2n) is 4.22. The Bertz CT molecular complexity index is 337. The lowest BCUT2D eigenvalue weighted by atomic mass is 10.1. The van der Waals surface area contributed by atoms with Crippen LogP contribution in [0.2, 0.25) is 0 Å². The molecule has 1 aromatic rings. The molecule has 1 rings (SSSR count). The minimum Gasteiger partial charge on any atom is -0.312 e. The van der Waals surface area contributed by atoms with E-state index < -0.39 is 0 Å². The van der Waals surface area contributed by atoms with Crippen molar-refractivity contribution in [3.05, 3.63) is 33.5 Å². The number of halogens is 2. The normalized spacial score (nSPS) is 11.1. The van der Waals surface area contributed by atoms with Crippen molar-refractivity contribution in [2.75, 3.05) is 6.54 Å². The van der Waals surface area contributed by atoms with Gasteiger partial charge in [-0.2, -0.15) is 0 Å². The highest BCUT2D eigenvalue weighted by atomic mass is 79.9. The summed E-state index contributed by atoms with van der Waals surface area (Å²) in [5.41, 5.74) is 1.41. The molecule has 1 N–H and O–H groups in total. The van der Waals surface area contributed by atoms with Crippen LogP contribution >= 0.6 is 15.9 Å².